The van der Waals surface area contributed by atoms with Gasteiger partial charge in [0.15, 0.2) is 0 Å². The van der Waals surface area contributed by atoms with E-state index >= 15 is 0 Å². The van der Waals surface area contributed by atoms with Crippen molar-refractivity contribution < 1.29 is 0 Å². The zero-order valence-corrected chi connectivity index (χ0v) is 20.1. The molecule has 0 nitrogen and oxygen atoms in total. The van der Waals surface area contributed by atoms with E-state index in [1.165, 1.54) is 51.4 Å². The summed E-state index contributed by atoms with van der Waals surface area (Å²) in [5.74, 6) is 5.51. The number of fused-ring (bicyclic) bond motifs is 2. The Morgan fingerprint density at radius 1 is 1.00 bits per heavy atom. The van der Waals surface area contributed by atoms with Gasteiger partial charge in [-0.3, -0.25) is 0 Å². The zero-order valence-electron chi connectivity index (χ0n) is 20.1. The van der Waals surface area contributed by atoms with E-state index < -0.39 is 0 Å². The molecule has 4 fully saturated rings. The van der Waals surface area contributed by atoms with Crippen LogP contribution in [-0.4, -0.2) is 0 Å². The Morgan fingerprint density at radius 3 is 2.38 bits per heavy atom. The van der Waals surface area contributed by atoms with Gasteiger partial charge in [0.05, 0.1) is 0 Å². The van der Waals surface area contributed by atoms with Gasteiger partial charge in [0.2, 0.25) is 0 Å². The van der Waals surface area contributed by atoms with Crippen molar-refractivity contribution in [2.75, 3.05) is 0 Å². The molecule has 4 aliphatic rings. The largest absolute Gasteiger partial charge is 0.0993 e. The third kappa shape index (κ3) is 3.51. The molecule has 0 saturated heterocycles. The highest BCUT2D eigenvalue weighted by Crippen LogP contribution is 2.70. The minimum absolute atomic E-state index is 0.502. The summed E-state index contributed by atoms with van der Waals surface area (Å²) in [4.78, 5) is 0. The standard InChI is InChI=1S/C29H46/c1-19(2)20(3)10-11-21(4)26-14-15-27-24(9-8-16-28(26,27)7)17-23(6)29-18-25(29)13-12-22(29)5/h10-11,17,19-21,23,25-27H,5,8-9,12-16,18H2,1-4,6-7H3/b11-10+,24-17+/t20-,21+,23?,25?,26+,27-,28+,29+/m0/s1. The van der Waals surface area contributed by atoms with E-state index in [1.54, 1.807) is 5.57 Å². The summed E-state index contributed by atoms with van der Waals surface area (Å²) in [5, 5.41) is 0. The molecule has 4 aliphatic carbocycles. The van der Waals surface area contributed by atoms with Crippen molar-refractivity contribution in [3.8, 4) is 0 Å². The lowest BCUT2D eigenvalue weighted by Gasteiger charge is -2.44. The van der Waals surface area contributed by atoms with Crippen LogP contribution in [0.4, 0.5) is 0 Å². The molecule has 8 atom stereocenters. The number of hydrogen-bond donors (Lipinski definition) is 0. The highest BCUT2D eigenvalue weighted by molar-refractivity contribution is 5.33. The van der Waals surface area contributed by atoms with Gasteiger partial charge in [-0.1, -0.05) is 77.5 Å². The molecule has 0 heteroatoms. The first kappa shape index (κ1) is 21.5. The molecule has 0 heterocycles. The summed E-state index contributed by atoms with van der Waals surface area (Å²) in [6.45, 7) is 19.2. The van der Waals surface area contributed by atoms with Crippen molar-refractivity contribution in [3.63, 3.8) is 0 Å². The van der Waals surface area contributed by atoms with Gasteiger partial charge in [-0.15, -0.1) is 0 Å². The lowest BCUT2D eigenvalue weighted by Crippen LogP contribution is -2.36. The van der Waals surface area contributed by atoms with E-state index in [2.05, 4.69) is 66.3 Å². The number of hydrogen-bond acceptors (Lipinski definition) is 0. The maximum absolute atomic E-state index is 4.49. The van der Waals surface area contributed by atoms with Crippen LogP contribution in [-0.2, 0) is 0 Å². The highest BCUT2D eigenvalue weighted by atomic mass is 14.7. The quantitative estimate of drug-likeness (QED) is 0.395. The molecular weight excluding hydrogens is 348 g/mol. The first-order chi connectivity index (χ1) is 13.7. The first-order valence-electron chi connectivity index (χ1n) is 12.8. The second-order valence-electron chi connectivity index (χ2n) is 12.1. The Kier molecular flexibility index (Phi) is 5.71. The van der Waals surface area contributed by atoms with E-state index in [0.29, 0.717) is 28.6 Å². The molecule has 0 amide bonds. The topological polar surface area (TPSA) is 0 Å². The summed E-state index contributed by atoms with van der Waals surface area (Å²) < 4.78 is 0. The number of allylic oxidation sites excluding steroid dienone is 5. The van der Waals surface area contributed by atoms with Gasteiger partial charge in [-0.25, -0.2) is 0 Å². The minimum atomic E-state index is 0.502. The molecule has 0 bridgehead atoms. The minimum Gasteiger partial charge on any atom is -0.0993 e. The van der Waals surface area contributed by atoms with Crippen molar-refractivity contribution >= 4 is 0 Å². The average Bonchev–Trinajstić information content (AvgIpc) is 3.19. The van der Waals surface area contributed by atoms with Gasteiger partial charge < -0.3 is 0 Å². The van der Waals surface area contributed by atoms with E-state index in [1.807, 2.05) is 5.57 Å². The van der Waals surface area contributed by atoms with Gasteiger partial charge in [-0.2, -0.15) is 0 Å². The van der Waals surface area contributed by atoms with Gasteiger partial charge in [0, 0.05) is 5.41 Å². The number of rotatable bonds is 6. The van der Waals surface area contributed by atoms with Crippen molar-refractivity contribution in [3.05, 3.63) is 36.0 Å². The predicted molar refractivity (Wildman–Crippen MR) is 127 cm³/mol. The Morgan fingerprint density at radius 2 is 1.76 bits per heavy atom. The van der Waals surface area contributed by atoms with E-state index in [-0.39, 0.29) is 0 Å². The maximum Gasteiger partial charge on any atom is 0.0000973 e. The monoisotopic (exact) mass is 394 g/mol. The lowest BCUT2D eigenvalue weighted by atomic mass is 9.60. The van der Waals surface area contributed by atoms with Gasteiger partial charge >= 0.3 is 0 Å². The normalized spacial score (nSPS) is 43.6. The molecule has 0 radical (unpaired) electrons. The SMILES string of the molecule is C=C1CCC2C[C@]12C(C)/C=C1\CCC[C@]2(C)[C@@H]([C@H](C)/C=C/[C@H](C)C(C)C)CC[C@@H]12. The van der Waals surface area contributed by atoms with Crippen LogP contribution in [0.25, 0.3) is 0 Å². The van der Waals surface area contributed by atoms with Gasteiger partial charge in [0.25, 0.3) is 0 Å². The smallest absolute Gasteiger partial charge is 0.0000973 e. The summed E-state index contributed by atoms with van der Waals surface area (Å²) >= 11 is 0. The second kappa shape index (κ2) is 7.72. The summed E-state index contributed by atoms with van der Waals surface area (Å²) in [7, 11) is 0. The van der Waals surface area contributed by atoms with Crippen molar-refractivity contribution in [2.24, 2.45) is 52.3 Å². The van der Waals surface area contributed by atoms with Crippen LogP contribution in [0.5, 0.6) is 0 Å². The molecule has 0 aromatic carbocycles. The van der Waals surface area contributed by atoms with E-state index in [0.717, 1.165) is 23.7 Å². The van der Waals surface area contributed by atoms with Crippen LogP contribution in [0.15, 0.2) is 36.0 Å². The van der Waals surface area contributed by atoms with Crippen LogP contribution >= 0.6 is 0 Å². The highest BCUT2D eigenvalue weighted by Gasteiger charge is 2.61. The molecule has 0 aliphatic heterocycles. The zero-order chi connectivity index (χ0) is 21.0. The van der Waals surface area contributed by atoms with Crippen LogP contribution in [0.2, 0.25) is 0 Å². The lowest BCUT2D eigenvalue weighted by molar-refractivity contribution is 0.111. The van der Waals surface area contributed by atoms with Gasteiger partial charge in [-0.05, 0) is 98.2 Å². The van der Waals surface area contributed by atoms with Crippen LogP contribution < -0.4 is 0 Å². The summed E-state index contributed by atoms with van der Waals surface area (Å²) in [6.07, 6.45) is 19.0. The van der Waals surface area contributed by atoms with Crippen molar-refractivity contribution in [2.45, 2.75) is 92.9 Å². The van der Waals surface area contributed by atoms with Crippen LogP contribution in [0, 0.1) is 52.3 Å². The molecule has 0 aromatic heterocycles. The van der Waals surface area contributed by atoms with Crippen molar-refractivity contribution in [1.82, 2.24) is 0 Å². The molecule has 4 saturated carbocycles. The Hall–Kier alpha value is -0.780. The first-order valence-corrected chi connectivity index (χ1v) is 12.8. The average molecular weight is 395 g/mol. The van der Waals surface area contributed by atoms with E-state index in [9.17, 15) is 0 Å². The molecule has 162 valence electrons. The predicted octanol–water partition coefficient (Wildman–Crippen LogP) is 8.61. The van der Waals surface area contributed by atoms with Crippen molar-refractivity contribution in [1.29, 1.82) is 0 Å². The Bertz CT molecular complexity index is 693. The van der Waals surface area contributed by atoms with Crippen LogP contribution in [0.3, 0.4) is 0 Å². The molecular formula is C29H46. The fraction of sp³-hybridized carbons (Fsp3) is 0.793. The maximum atomic E-state index is 4.49. The third-order valence-corrected chi connectivity index (χ3v) is 10.3. The second-order valence-corrected chi connectivity index (χ2v) is 12.1. The Balaban J connectivity index is 1.50. The molecule has 0 spiro atoms. The Labute approximate surface area is 181 Å². The van der Waals surface area contributed by atoms with Crippen LogP contribution in [0.1, 0.15) is 92.9 Å². The third-order valence-electron chi connectivity index (χ3n) is 10.3. The molecule has 2 unspecified atom stereocenters. The molecule has 0 N–H and O–H groups in total. The molecule has 0 aromatic rings. The molecule has 29 heavy (non-hydrogen) atoms. The van der Waals surface area contributed by atoms with Gasteiger partial charge in [0.1, 0.15) is 0 Å². The molecule has 4 rings (SSSR count). The fourth-order valence-corrected chi connectivity index (χ4v) is 7.92. The fourth-order valence-electron chi connectivity index (χ4n) is 7.92. The van der Waals surface area contributed by atoms with E-state index in [4.69, 9.17) is 0 Å². The summed E-state index contributed by atoms with van der Waals surface area (Å²) in [6, 6.07) is 0. The summed E-state index contributed by atoms with van der Waals surface area (Å²) in [5.41, 5.74) is 4.43.